The SMILES string of the molecule is CNc1ncc(C(=O)N(Cc2ccccc2C)CC2CCCO2)cn1. The molecule has 1 saturated heterocycles. The second-order valence-corrected chi connectivity index (χ2v) is 6.29. The van der Waals surface area contributed by atoms with E-state index in [1.807, 2.05) is 17.0 Å². The number of hydrogen-bond donors (Lipinski definition) is 1. The number of nitrogens with zero attached hydrogens (tertiary/aromatic N) is 3. The van der Waals surface area contributed by atoms with Crippen LogP contribution in [0.15, 0.2) is 36.7 Å². The molecule has 6 heteroatoms. The lowest BCUT2D eigenvalue weighted by atomic mass is 10.1. The van der Waals surface area contributed by atoms with Crippen molar-refractivity contribution in [3.8, 4) is 0 Å². The van der Waals surface area contributed by atoms with Crippen molar-refractivity contribution in [1.82, 2.24) is 14.9 Å². The quantitative estimate of drug-likeness (QED) is 0.876. The first kappa shape index (κ1) is 17.4. The Hall–Kier alpha value is -2.47. The number of anilines is 1. The molecule has 1 aliphatic heterocycles. The second kappa shape index (κ2) is 8.07. The van der Waals surface area contributed by atoms with Gasteiger partial charge in [0.15, 0.2) is 0 Å². The van der Waals surface area contributed by atoms with E-state index in [9.17, 15) is 4.79 Å². The van der Waals surface area contributed by atoms with Gasteiger partial charge in [-0.1, -0.05) is 24.3 Å². The Morgan fingerprint density at radius 1 is 1.32 bits per heavy atom. The van der Waals surface area contributed by atoms with E-state index in [4.69, 9.17) is 4.74 Å². The Morgan fingerprint density at radius 3 is 2.72 bits per heavy atom. The molecule has 1 atom stereocenters. The molecular formula is C19H24N4O2. The summed E-state index contributed by atoms with van der Waals surface area (Å²) in [6.07, 6.45) is 5.29. The van der Waals surface area contributed by atoms with E-state index in [1.54, 1.807) is 19.4 Å². The number of aromatic nitrogens is 2. The molecule has 1 aromatic heterocycles. The minimum atomic E-state index is -0.0681. The largest absolute Gasteiger partial charge is 0.376 e. The third-order valence-electron chi connectivity index (χ3n) is 4.48. The van der Waals surface area contributed by atoms with Gasteiger partial charge in [0.2, 0.25) is 5.95 Å². The van der Waals surface area contributed by atoms with Crippen LogP contribution in [0.1, 0.15) is 34.3 Å². The van der Waals surface area contributed by atoms with Crippen molar-refractivity contribution in [1.29, 1.82) is 0 Å². The molecule has 1 N–H and O–H groups in total. The van der Waals surface area contributed by atoms with Gasteiger partial charge in [-0.05, 0) is 30.9 Å². The summed E-state index contributed by atoms with van der Waals surface area (Å²) < 4.78 is 5.74. The van der Waals surface area contributed by atoms with Crippen molar-refractivity contribution in [3.63, 3.8) is 0 Å². The van der Waals surface area contributed by atoms with Crippen molar-refractivity contribution in [2.24, 2.45) is 0 Å². The topological polar surface area (TPSA) is 67.4 Å². The van der Waals surface area contributed by atoms with Gasteiger partial charge < -0.3 is 15.0 Å². The van der Waals surface area contributed by atoms with Gasteiger partial charge in [0, 0.05) is 39.1 Å². The van der Waals surface area contributed by atoms with E-state index in [2.05, 4.69) is 34.3 Å². The predicted molar refractivity (Wildman–Crippen MR) is 96.5 cm³/mol. The van der Waals surface area contributed by atoms with Crippen molar-refractivity contribution < 1.29 is 9.53 Å². The number of amides is 1. The van der Waals surface area contributed by atoms with Crippen LogP contribution in [0.5, 0.6) is 0 Å². The van der Waals surface area contributed by atoms with Crippen LogP contribution in [0.25, 0.3) is 0 Å². The monoisotopic (exact) mass is 340 g/mol. The van der Waals surface area contributed by atoms with Gasteiger partial charge in [0.1, 0.15) is 0 Å². The van der Waals surface area contributed by atoms with Crippen LogP contribution in [0, 0.1) is 6.92 Å². The van der Waals surface area contributed by atoms with Crippen molar-refractivity contribution in [3.05, 3.63) is 53.3 Å². The number of carbonyl (C=O) groups is 1. The minimum absolute atomic E-state index is 0.0681. The predicted octanol–water partition coefficient (Wildman–Crippen LogP) is 2.65. The van der Waals surface area contributed by atoms with Gasteiger partial charge >= 0.3 is 0 Å². The molecule has 3 rings (SSSR count). The molecule has 25 heavy (non-hydrogen) atoms. The smallest absolute Gasteiger partial charge is 0.257 e. The lowest BCUT2D eigenvalue weighted by Gasteiger charge is -2.26. The molecule has 0 spiro atoms. The number of benzene rings is 1. The van der Waals surface area contributed by atoms with Crippen LogP contribution < -0.4 is 5.32 Å². The van der Waals surface area contributed by atoms with Crippen LogP contribution in [0.4, 0.5) is 5.95 Å². The number of nitrogens with one attached hydrogen (secondary N) is 1. The maximum Gasteiger partial charge on any atom is 0.257 e. The lowest BCUT2D eigenvalue weighted by molar-refractivity contribution is 0.0506. The highest BCUT2D eigenvalue weighted by atomic mass is 16.5. The van der Waals surface area contributed by atoms with Crippen molar-refractivity contribution >= 4 is 11.9 Å². The fourth-order valence-electron chi connectivity index (χ4n) is 3.00. The number of hydrogen-bond acceptors (Lipinski definition) is 5. The van der Waals surface area contributed by atoms with E-state index in [-0.39, 0.29) is 12.0 Å². The van der Waals surface area contributed by atoms with E-state index in [1.165, 1.54) is 5.56 Å². The zero-order valence-electron chi connectivity index (χ0n) is 14.7. The van der Waals surface area contributed by atoms with Gasteiger partial charge in [0.25, 0.3) is 5.91 Å². The molecule has 0 saturated carbocycles. The van der Waals surface area contributed by atoms with E-state index < -0.39 is 0 Å². The standard InChI is InChI=1S/C19H24N4O2/c1-14-6-3-4-7-15(14)12-23(13-17-8-5-9-25-17)18(24)16-10-21-19(20-2)22-11-16/h3-4,6-7,10-11,17H,5,8-9,12-13H2,1-2H3,(H,20,21,22). The second-order valence-electron chi connectivity index (χ2n) is 6.29. The average Bonchev–Trinajstić information content (AvgIpc) is 3.15. The molecular weight excluding hydrogens is 316 g/mol. The molecule has 1 fully saturated rings. The zero-order valence-corrected chi connectivity index (χ0v) is 14.7. The molecule has 6 nitrogen and oxygen atoms in total. The van der Waals surface area contributed by atoms with Gasteiger partial charge in [-0.15, -0.1) is 0 Å². The Morgan fingerprint density at radius 2 is 2.08 bits per heavy atom. The first-order valence-corrected chi connectivity index (χ1v) is 8.62. The highest BCUT2D eigenvalue weighted by molar-refractivity contribution is 5.93. The average molecular weight is 340 g/mol. The van der Waals surface area contributed by atoms with Gasteiger partial charge in [-0.25, -0.2) is 9.97 Å². The van der Waals surface area contributed by atoms with Crippen LogP contribution in [0.2, 0.25) is 0 Å². The Bertz CT molecular complexity index is 712. The molecule has 0 aliphatic carbocycles. The van der Waals surface area contributed by atoms with E-state index >= 15 is 0 Å². The molecule has 1 aliphatic rings. The number of ether oxygens (including phenoxy) is 1. The summed E-state index contributed by atoms with van der Waals surface area (Å²) in [5, 5.41) is 2.86. The molecule has 1 unspecified atom stereocenters. The maximum atomic E-state index is 13.0. The fraction of sp³-hybridized carbons (Fsp3) is 0.421. The molecule has 1 aromatic carbocycles. The fourth-order valence-corrected chi connectivity index (χ4v) is 3.00. The lowest BCUT2D eigenvalue weighted by Crippen LogP contribution is -2.37. The van der Waals surface area contributed by atoms with Crippen LogP contribution in [-0.4, -0.2) is 47.1 Å². The number of rotatable bonds is 6. The normalized spacial score (nSPS) is 16.6. The summed E-state index contributed by atoms with van der Waals surface area (Å²) in [7, 11) is 1.75. The Labute approximate surface area is 148 Å². The summed E-state index contributed by atoms with van der Waals surface area (Å²) >= 11 is 0. The van der Waals surface area contributed by atoms with Crippen LogP contribution in [0.3, 0.4) is 0 Å². The molecule has 132 valence electrons. The first-order chi connectivity index (χ1) is 12.2. The highest BCUT2D eigenvalue weighted by Gasteiger charge is 2.24. The zero-order chi connectivity index (χ0) is 17.6. The Kier molecular flexibility index (Phi) is 5.60. The third kappa shape index (κ3) is 4.33. The molecule has 0 radical (unpaired) electrons. The van der Waals surface area contributed by atoms with E-state index in [0.717, 1.165) is 25.0 Å². The summed E-state index contributed by atoms with van der Waals surface area (Å²) in [6, 6.07) is 8.14. The maximum absolute atomic E-state index is 13.0. The number of aryl methyl sites for hydroxylation is 1. The molecule has 2 aromatic rings. The third-order valence-corrected chi connectivity index (χ3v) is 4.48. The Balaban J connectivity index is 1.81. The van der Waals surface area contributed by atoms with Crippen LogP contribution >= 0.6 is 0 Å². The van der Waals surface area contributed by atoms with Gasteiger partial charge in [-0.3, -0.25) is 4.79 Å². The first-order valence-electron chi connectivity index (χ1n) is 8.62. The molecule has 0 bridgehead atoms. The summed E-state index contributed by atoms with van der Waals surface area (Å²) in [6.45, 7) is 3.98. The van der Waals surface area contributed by atoms with Crippen molar-refractivity contribution in [2.45, 2.75) is 32.4 Å². The molecule has 1 amide bonds. The summed E-state index contributed by atoms with van der Waals surface area (Å²) in [5.41, 5.74) is 2.81. The number of carbonyl (C=O) groups excluding carboxylic acids is 1. The highest BCUT2D eigenvalue weighted by Crippen LogP contribution is 2.18. The van der Waals surface area contributed by atoms with Crippen molar-refractivity contribution in [2.75, 3.05) is 25.5 Å². The van der Waals surface area contributed by atoms with Crippen LogP contribution in [-0.2, 0) is 11.3 Å². The van der Waals surface area contributed by atoms with Gasteiger partial charge in [0.05, 0.1) is 11.7 Å². The summed E-state index contributed by atoms with van der Waals surface area (Å²) in [4.78, 5) is 23.2. The summed E-state index contributed by atoms with van der Waals surface area (Å²) in [5.74, 6) is 0.433. The minimum Gasteiger partial charge on any atom is -0.376 e. The van der Waals surface area contributed by atoms with E-state index in [0.29, 0.717) is 24.6 Å². The van der Waals surface area contributed by atoms with Gasteiger partial charge in [-0.2, -0.15) is 0 Å². The molecule has 2 heterocycles.